The maximum absolute atomic E-state index is 12.9. The van der Waals surface area contributed by atoms with Crippen molar-refractivity contribution in [2.45, 2.75) is 17.7 Å². The fourth-order valence-electron chi connectivity index (χ4n) is 2.23. The van der Waals surface area contributed by atoms with Crippen LogP contribution in [0.2, 0.25) is 0 Å². The van der Waals surface area contributed by atoms with E-state index in [1.54, 1.807) is 12.3 Å². The summed E-state index contributed by atoms with van der Waals surface area (Å²) in [6.45, 7) is 0.252. The molecule has 0 aliphatic carbocycles. The fraction of sp³-hybridized carbons (Fsp3) is 0.250. The number of aromatic nitrogens is 1. The Morgan fingerprint density at radius 1 is 1.35 bits per heavy atom. The summed E-state index contributed by atoms with van der Waals surface area (Å²) < 4.78 is 52.0. The zero-order valence-electron chi connectivity index (χ0n) is 10.2. The van der Waals surface area contributed by atoms with Gasteiger partial charge in [-0.25, -0.2) is 17.2 Å². The van der Waals surface area contributed by atoms with Crippen molar-refractivity contribution < 1.29 is 17.2 Å². The standard InChI is InChI=1S/C12H10F2N2O2S2/c13-12(14)9-6-19-7-11(9)20(17,18)16-4-2-8-1-3-15-5-10(8)16/h1,3,5-7,12H,2,4H2. The van der Waals surface area contributed by atoms with Crippen LogP contribution in [0.1, 0.15) is 17.6 Å². The second kappa shape index (κ2) is 4.78. The van der Waals surface area contributed by atoms with Gasteiger partial charge in [0, 0.05) is 29.1 Å². The van der Waals surface area contributed by atoms with Gasteiger partial charge in [0.15, 0.2) is 0 Å². The van der Waals surface area contributed by atoms with E-state index in [9.17, 15) is 17.2 Å². The van der Waals surface area contributed by atoms with Crippen molar-refractivity contribution in [2.24, 2.45) is 0 Å². The highest BCUT2D eigenvalue weighted by Crippen LogP contribution is 2.36. The topological polar surface area (TPSA) is 50.3 Å². The lowest BCUT2D eigenvalue weighted by atomic mass is 10.2. The van der Waals surface area contributed by atoms with E-state index in [0.29, 0.717) is 12.1 Å². The molecule has 0 saturated carbocycles. The minimum atomic E-state index is -3.96. The maximum Gasteiger partial charge on any atom is 0.265 e. The minimum absolute atomic E-state index is 0.252. The van der Waals surface area contributed by atoms with E-state index in [1.807, 2.05) is 0 Å². The number of halogens is 2. The zero-order chi connectivity index (χ0) is 14.3. The Balaban J connectivity index is 2.08. The summed E-state index contributed by atoms with van der Waals surface area (Å²) in [6.07, 6.45) is 0.797. The highest BCUT2D eigenvalue weighted by Gasteiger charge is 2.34. The number of sulfonamides is 1. The highest BCUT2D eigenvalue weighted by molar-refractivity contribution is 7.93. The zero-order valence-corrected chi connectivity index (χ0v) is 11.8. The first-order valence-electron chi connectivity index (χ1n) is 5.81. The lowest BCUT2D eigenvalue weighted by Crippen LogP contribution is -2.29. The molecule has 3 heterocycles. The fourth-order valence-corrected chi connectivity index (χ4v) is 5.10. The Kier molecular flexibility index (Phi) is 3.21. The van der Waals surface area contributed by atoms with Crippen molar-refractivity contribution in [3.8, 4) is 0 Å². The minimum Gasteiger partial charge on any atom is -0.264 e. The number of pyridine rings is 1. The first kappa shape index (κ1) is 13.4. The summed E-state index contributed by atoms with van der Waals surface area (Å²) in [4.78, 5) is 3.60. The van der Waals surface area contributed by atoms with Crippen molar-refractivity contribution in [2.75, 3.05) is 10.8 Å². The predicted molar refractivity (Wildman–Crippen MR) is 71.7 cm³/mol. The number of nitrogens with zero attached hydrogens (tertiary/aromatic N) is 2. The largest absolute Gasteiger partial charge is 0.265 e. The lowest BCUT2D eigenvalue weighted by Gasteiger charge is -2.19. The van der Waals surface area contributed by atoms with Gasteiger partial charge in [0.05, 0.1) is 11.9 Å². The van der Waals surface area contributed by atoms with Gasteiger partial charge in [-0.3, -0.25) is 9.29 Å². The van der Waals surface area contributed by atoms with Crippen LogP contribution in [0, 0.1) is 0 Å². The molecule has 1 aliphatic rings. The molecule has 3 rings (SSSR count). The number of fused-ring (bicyclic) bond motifs is 1. The van der Waals surface area contributed by atoms with Crippen LogP contribution in [-0.2, 0) is 16.4 Å². The van der Waals surface area contributed by atoms with Crippen molar-refractivity contribution in [3.05, 3.63) is 40.3 Å². The van der Waals surface area contributed by atoms with Crippen LogP contribution in [0.4, 0.5) is 14.5 Å². The van der Waals surface area contributed by atoms with Crippen molar-refractivity contribution >= 4 is 27.0 Å². The molecule has 0 spiro atoms. The predicted octanol–water partition coefficient (Wildman–Crippen LogP) is 2.83. The van der Waals surface area contributed by atoms with E-state index in [0.717, 1.165) is 21.2 Å². The average Bonchev–Trinajstić information content (AvgIpc) is 3.06. The van der Waals surface area contributed by atoms with Gasteiger partial charge >= 0.3 is 0 Å². The van der Waals surface area contributed by atoms with E-state index < -0.39 is 22.0 Å². The van der Waals surface area contributed by atoms with Crippen molar-refractivity contribution in [1.29, 1.82) is 0 Å². The summed E-state index contributed by atoms with van der Waals surface area (Å²) in [6, 6.07) is 1.74. The molecule has 0 atom stereocenters. The number of hydrogen-bond donors (Lipinski definition) is 0. The summed E-state index contributed by atoms with van der Waals surface area (Å²) in [5.74, 6) is 0. The van der Waals surface area contributed by atoms with Crippen LogP contribution in [0.15, 0.2) is 34.1 Å². The molecule has 2 aromatic rings. The average molecular weight is 316 g/mol. The van der Waals surface area contributed by atoms with Gasteiger partial charge < -0.3 is 0 Å². The molecular formula is C12H10F2N2O2S2. The Bertz CT molecular complexity index is 743. The molecule has 0 saturated heterocycles. The second-order valence-corrected chi connectivity index (χ2v) is 6.90. The summed E-state index contributed by atoms with van der Waals surface area (Å²) in [7, 11) is -3.96. The molecule has 1 aliphatic heterocycles. The SMILES string of the molecule is O=S(=O)(c1cscc1C(F)F)N1CCc2ccncc21. The van der Waals surface area contributed by atoms with Crippen molar-refractivity contribution in [1.82, 2.24) is 4.98 Å². The summed E-state index contributed by atoms with van der Waals surface area (Å²) >= 11 is 0.960. The highest BCUT2D eigenvalue weighted by atomic mass is 32.2. The number of rotatable bonds is 3. The smallest absolute Gasteiger partial charge is 0.264 e. The van der Waals surface area contributed by atoms with Gasteiger partial charge in [-0.05, 0) is 18.1 Å². The second-order valence-electron chi connectivity index (χ2n) is 4.32. The lowest BCUT2D eigenvalue weighted by molar-refractivity contribution is 0.148. The Hall–Kier alpha value is -1.54. The van der Waals surface area contributed by atoms with E-state index >= 15 is 0 Å². The number of anilines is 1. The Morgan fingerprint density at radius 3 is 2.90 bits per heavy atom. The first-order valence-corrected chi connectivity index (χ1v) is 8.20. The van der Waals surface area contributed by atoms with Gasteiger partial charge in [0.1, 0.15) is 4.90 Å². The van der Waals surface area contributed by atoms with E-state index in [1.165, 1.54) is 17.0 Å². The van der Waals surface area contributed by atoms with E-state index in [4.69, 9.17) is 0 Å². The summed E-state index contributed by atoms with van der Waals surface area (Å²) in [5.41, 5.74) is 0.892. The van der Waals surface area contributed by atoms with Crippen LogP contribution < -0.4 is 4.31 Å². The molecule has 8 heteroatoms. The van der Waals surface area contributed by atoms with Gasteiger partial charge in [-0.2, -0.15) is 11.3 Å². The molecule has 20 heavy (non-hydrogen) atoms. The quantitative estimate of drug-likeness (QED) is 0.875. The van der Waals surface area contributed by atoms with Crippen LogP contribution in [0.3, 0.4) is 0 Å². The number of alkyl halides is 2. The van der Waals surface area contributed by atoms with E-state index in [-0.39, 0.29) is 11.4 Å². The van der Waals surface area contributed by atoms with E-state index in [2.05, 4.69) is 4.98 Å². The van der Waals surface area contributed by atoms with Gasteiger partial charge in [-0.15, -0.1) is 0 Å². The Morgan fingerprint density at radius 2 is 2.15 bits per heavy atom. The monoisotopic (exact) mass is 316 g/mol. The molecule has 0 radical (unpaired) electrons. The molecule has 0 amide bonds. The third kappa shape index (κ3) is 1.99. The molecule has 106 valence electrons. The van der Waals surface area contributed by atoms with Gasteiger partial charge in [0.25, 0.3) is 16.4 Å². The molecule has 0 bridgehead atoms. The molecule has 4 nitrogen and oxygen atoms in total. The Labute approximate surface area is 118 Å². The normalized spacial score (nSPS) is 14.8. The van der Waals surface area contributed by atoms with Crippen LogP contribution in [-0.4, -0.2) is 19.9 Å². The third-order valence-corrected chi connectivity index (χ3v) is 5.98. The van der Waals surface area contributed by atoms with Gasteiger partial charge in [-0.1, -0.05) is 0 Å². The molecule has 0 unspecified atom stereocenters. The molecule has 0 N–H and O–H groups in total. The molecular weight excluding hydrogens is 306 g/mol. The van der Waals surface area contributed by atoms with Crippen LogP contribution in [0.25, 0.3) is 0 Å². The third-order valence-electron chi connectivity index (χ3n) is 3.20. The van der Waals surface area contributed by atoms with Crippen molar-refractivity contribution in [3.63, 3.8) is 0 Å². The molecule has 0 aromatic carbocycles. The summed E-state index contributed by atoms with van der Waals surface area (Å²) in [5, 5.41) is 2.43. The first-order chi connectivity index (χ1) is 9.51. The maximum atomic E-state index is 12.9. The molecule has 0 fully saturated rings. The van der Waals surface area contributed by atoms with Crippen LogP contribution in [0.5, 0.6) is 0 Å². The molecule has 2 aromatic heterocycles. The van der Waals surface area contributed by atoms with Crippen LogP contribution >= 0.6 is 11.3 Å². The number of hydrogen-bond acceptors (Lipinski definition) is 4. The number of thiophene rings is 1. The van der Waals surface area contributed by atoms with Gasteiger partial charge in [0.2, 0.25) is 0 Å².